The van der Waals surface area contributed by atoms with Crippen molar-refractivity contribution in [3.63, 3.8) is 0 Å². The summed E-state index contributed by atoms with van der Waals surface area (Å²) in [7, 11) is 0. The molecule has 0 radical (unpaired) electrons. The van der Waals surface area contributed by atoms with Crippen LogP contribution in [0.3, 0.4) is 0 Å². The summed E-state index contributed by atoms with van der Waals surface area (Å²) in [5, 5.41) is 10.3. The second-order valence-electron chi connectivity index (χ2n) is 7.41. The summed E-state index contributed by atoms with van der Waals surface area (Å²) in [6, 6.07) is 0. The van der Waals surface area contributed by atoms with E-state index in [1.807, 2.05) is 11.8 Å². The lowest BCUT2D eigenvalue weighted by Crippen LogP contribution is -2.33. The first kappa shape index (κ1) is 20.1. The Morgan fingerprint density at radius 1 is 1.33 bits per heavy atom. The number of fused-ring (bicyclic) bond motifs is 1. The number of carbonyl (C=O) groups excluding carboxylic acids is 1. The molecule has 2 atom stereocenters. The van der Waals surface area contributed by atoms with Crippen LogP contribution in [-0.2, 0) is 16.1 Å². The number of carboxylic acid groups (broad SMARTS) is 1. The van der Waals surface area contributed by atoms with Crippen LogP contribution in [0.4, 0.5) is 13.2 Å². The molecule has 1 amide bonds. The van der Waals surface area contributed by atoms with Gasteiger partial charge in [-0.25, -0.2) is 9.78 Å². The van der Waals surface area contributed by atoms with Gasteiger partial charge in [0.2, 0.25) is 5.91 Å². The van der Waals surface area contributed by atoms with Gasteiger partial charge in [-0.1, -0.05) is 0 Å². The Kier molecular flexibility index (Phi) is 5.76. The first-order valence-corrected chi connectivity index (χ1v) is 9.73. The van der Waals surface area contributed by atoms with Gasteiger partial charge in [-0.15, -0.1) is 11.3 Å². The predicted octanol–water partition coefficient (Wildman–Crippen LogP) is 2.39. The summed E-state index contributed by atoms with van der Waals surface area (Å²) in [4.78, 5) is 30.4. The van der Waals surface area contributed by atoms with Gasteiger partial charge in [-0.3, -0.25) is 4.79 Å². The predicted molar refractivity (Wildman–Crippen MR) is 92.1 cm³/mol. The molecular weight excluding hydrogens is 383 g/mol. The largest absolute Gasteiger partial charge is 0.490 e. The maximum Gasteiger partial charge on any atom is 0.490 e. The van der Waals surface area contributed by atoms with Crippen molar-refractivity contribution in [3.8, 4) is 0 Å². The highest BCUT2D eigenvalue weighted by molar-refractivity contribution is 7.09. The summed E-state index contributed by atoms with van der Waals surface area (Å²) >= 11 is 1.67. The van der Waals surface area contributed by atoms with E-state index >= 15 is 0 Å². The number of halogens is 3. The van der Waals surface area contributed by atoms with Gasteiger partial charge in [0.1, 0.15) is 0 Å². The zero-order valence-electron chi connectivity index (χ0n) is 14.9. The first-order valence-electron chi connectivity index (χ1n) is 8.85. The van der Waals surface area contributed by atoms with Crippen LogP contribution in [0.5, 0.6) is 0 Å². The number of aromatic nitrogens is 1. The average molecular weight is 405 g/mol. The van der Waals surface area contributed by atoms with Crippen molar-refractivity contribution in [3.05, 3.63) is 16.1 Å². The molecule has 1 aromatic rings. The van der Waals surface area contributed by atoms with Gasteiger partial charge in [-0.05, 0) is 25.7 Å². The fourth-order valence-electron chi connectivity index (χ4n) is 3.67. The van der Waals surface area contributed by atoms with E-state index in [2.05, 4.69) is 15.3 Å². The zero-order chi connectivity index (χ0) is 19.8. The van der Waals surface area contributed by atoms with Gasteiger partial charge in [-0.2, -0.15) is 13.2 Å². The Balaban J connectivity index is 0.000000260. The van der Waals surface area contributed by atoms with Gasteiger partial charge in [0, 0.05) is 37.5 Å². The molecule has 1 N–H and O–H groups in total. The maximum atomic E-state index is 12.5. The SMILES string of the molecule is Cc1nc(CN2C[C@@H]3CN(CC4CC4)C[C@@H]3C2=O)cs1.O=C(O)C(F)(F)F. The van der Waals surface area contributed by atoms with E-state index in [4.69, 9.17) is 9.90 Å². The number of carbonyl (C=O) groups is 2. The molecule has 2 aliphatic heterocycles. The van der Waals surface area contributed by atoms with E-state index in [1.165, 1.54) is 19.4 Å². The van der Waals surface area contributed by atoms with Gasteiger partial charge in [0.25, 0.3) is 0 Å². The molecule has 1 saturated carbocycles. The molecule has 150 valence electrons. The van der Waals surface area contributed by atoms with E-state index in [-0.39, 0.29) is 5.92 Å². The fourth-order valence-corrected chi connectivity index (χ4v) is 4.27. The number of carboxylic acids is 1. The molecule has 1 aromatic heterocycles. The minimum Gasteiger partial charge on any atom is -0.475 e. The van der Waals surface area contributed by atoms with Crippen LogP contribution in [0, 0.1) is 24.7 Å². The van der Waals surface area contributed by atoms with Crippen molar-refractivity contribution in [2.75, 3.05) is 26.2 Å². The highest BCUT2D eigenvalue weighted by atomic mass is 32.1. The van der Waals surface area contributed by atoms with Crippen molar-refractivity contribution in [2.45, 2.75) is 32.5 Å². The van der Waals surface area contributed by atoms with Gasteiger partial charge in [0.15, 0.2) is 0 Å². The number of hydrogen-bond acceptors (Lipinski definition) is 5. The van der Waals surface area contributed by atoms with Crippen LogP contribution < -0.4 is 0 Å². The monoisotopic (exact) mass is 405 g/mol. The Morgan fingerprint density at radius 2 is 2.00 bits per heavy atom. The van der Waals surface area contributed by atoms with Crippen molar-refractivity contribution in [1.82, 2.24) is 14.8 Å². The number of thiazole rings is 1. The van der Waals surface area contributed by atoms with Crippen molar-refractivity contribution in [2.24, 2.45) is 17.8 Å². The molecule has 0 bridgehead atoms. The number of amides is 1. The molecule has 3 fully saturated rings. The highest BCUT2D eigenvalue weighted by Gasteiger charge is 2.46. The molecule has 3 aliphatic rings. The molecule has 3 heterocycles. The normalized spacial score (nSPS) is 25.3. The van der Waals surface area contributed by atoms with Gasteiger partial charge >= 0.3 is 12.1 Å². The molecule has 2 saturated heterocycles. The Labute approximate surface area is 159 Å². The number of rotatable bonds is 4. The highest BCUT2D eigenvalue weighted by Crippen LogP contribution is 2.36. The minimum atomic E-state index is -5.08. The minimum absolute atomic E-state index is 0.258. The third-order valence-electron chi connectivity index (χ3n) is 5.08. The summed E-state index contributed by atoms with van der Waals surface area (Å²) in [5.74, 6) is -0.654. The zero-order valence-corrected chi connectivity index (χ0v) is 15.7. The molecule has 0 aromatic carbocycles. The van der Waals surface area contributed by atoms with Crippen LogP contribution in [-0.4, -0.2) is 64.1 Å². The lowest BCUT2D eigenvalue weighted by atomic mass is 10.0. The van der Waals surface area contributed by atoms with Crippen LogP contribution in [0.15, 0.2) is 5.38 Å². The average Bonchev–Trinajstić information content (AvgIpc) is 3.03. The molecule has 27 heavy (non-hydrogen) atoms. The van der Waals surface area contributed by atoms with Crippen molar-refractivity contribution >= 4 is 23.2 Å². The lowest BCUT2D eigenvalue weighted by Gasteiger charge is -2.20. The van der Waals surface area contributed by atoms with E-state index in [1.54, 1.807) is 11.3 Å². The summed E-state index contributed by atoms with van der Waals surface area (Å²) < 4.78 is 31.7. The Morgan fingerprint density at radius 3 is 2.48 bits per heavy atom. The van der Waals surface area contributed by atoms with E-state index < -0.39 is 12.1 Å². The summed E-state index contributed by atoms with van der Waals surface area (Å²) in [6.45, 7) is 7.00. The first-order chi connectivity index (χ1) is 12.6. The molecular formula is C17H22F3N3O3S. The number of alkyl halides is 3. The third kappa shape index (κ3) is 5.19. The number of aliphatic carboxylic acids is 1. The Bertz CT molecular complexity index is 705. The van der Waals surface area contributed by atoms with Crippen molar-refractivity contribution in [1.29, 1.82) is 0 Å². The number of likely N-dealkylation sites (tertiary alicyclic amines) is 2. The second kappa shape index (κ2) is 7.75. The second-order valence-corrected chi connectivity index (χ2v) is 8.47. The van der Waals surface area contributed by atoms with E-state index in [0.29, 0.717) is 18.4 Å². The van der Waals surface area contributed by atoms with Crippen LogP contribution >= 0.6 is 11.3 Å². The van der Waals surface area contributed by atoms with E-state index in [0.717, 1.165) is 36.3 Å². The lowest BCUT2D eigenvalue weighted by molar-refractivity contribution is -0.192. The molecule has 6 nitrogen and oxygen atoms in total. The number of nitrogens with zero attached hydrogens (tertiary/aromatic N) is 3. The van der Waals surface area contributed by atoms with Crippen LogP contribution in [0.1, 0.15) is 23.5 Å². The van der Waals surface area contributed by atoms with E-state index in [9.17, 15) is 18.0 Å². The smallest absolute Gasteiger partial charge is 0.475 e. The number of aryl methyl sites for hydroxylation is 1. The van der Waals surface area contributed by atoms with Crippen molar-refractivity contribution < 1.29 is 27.9 Å². The summed E-state index contributed by atoms with van der Waals surface area (Å²) in [6.07, 6.45) is -2.29. The number of hydrogen-bond donors (Lipinski definition) is 1. The van der Waals surface area contributed by atoms with Gasteiger partial charge in [0.05, 0.1) is 23.2 Å². The molecule has 10 heteroatoms. The molecule has 1 aliphatic carbocycles. The molecule has 4 rings (SSSR count). The third-order valence-corrected chi connectivity index (χ3v) is 5.90. The Hall–Kier alpha value is -1.68. The standard InChI is InChI=1S/C15H21N3OS.C2HF3O2/c1-10-16-13(9-20-10)7-18-6-12-5-17(4-11-2-3-11)8-14(12)15(18)19;3-2(4,5)1(6)7/h9,11-12,14H,2-8H2,1H3;(H,6,7)/t12-,14-;/m0./s1. The van der Waals surface area contributed by atoms with Crippen LogP contribution in [0.2, 0.25) is 0 Å². The van der Waals surface area contributed by atoms with Crippen LogP contribution in [0.25, 0.3) is 0 Å². The molecule has 0 unspecified atom stereocenters. The fraction of sp³-hybridized carbons (Fsp3) is 0.706. The molecule has 0 spiro atoms. The quantitative estimate of drug-likeness (QED) is 0.833. The summed E-state index contributed by atoms with van der Waals surface area (Å²) in [5.41, 5.74) is 1.05. The van der Waals surface area contributed by atoms with Gasteiger partial charge < -0.3 is 14.9 Å². The topological polar surface area (TPSA) is 73.7 Å². The maximum absolute atomic E-state index is 12.5.